The third kappa shape index (κ3) is 7.28. The molecule has 0 saturated heterocycles. The number of nitrogens with one attached hydrogen (secondary N) is 2. The van der Waals surface area contributed by atoms with Crippen LogP contribution in [0.25, 0.3) is 0 Å². The van der Waals surface area contributed by atoms with E-state index >= 15 is 0 Å². The standard InChI is InChI=1S/C24H25N3O5.Na.H/c1-15-3-5-16(6-4-15)13-17-7-9-18(10-8-17)19(14-21(29)30)25-24(32)26-22-20(28)11-12-27(2)23(22)31;;/h3-12,19,22H,13-14H2,1-2H3,(H,29,30)(H2,25,26,32);;/q;+1;-1. The van der Waals surface area contributed by atoms with Crippen LogP contribution in [0.4, 0.5) is 4.79 Å². The van der Waals surface area contributed by atoms with Gasteiger partial charge in [-0.25, -0.2) is 4.79 Å². The molecule has 0 radical (unpaired) electrons. The molecule has 0 saturated carbocycles. The number of carboxylic acids is 1. The van der Waals surface area contributed by atoms with E-state index in [2.05, 4.69) is 22.8 Å². The van der Waals surface area contributed by atoms with Crippen molar-refractivity contribution >= 4 is 23.7 Å². The zero-order valence-electron chi connectivity index (χ0n) is 19.9. The minimum atomic E-state index is -1.34. The van der Waals surface area contributed by atoms with E-state index in [1.54, 1.807) is 12.1 Å². The summed E-state index contributed by atoms with van der Waals surface area (Å²) in [7, 11) is 1.48. The number of rotatable bonds is 7. The van der Waals surface area contributed by atoms with Crippen molar-refractivity contribution in [2.24, 2.45) is 0 Å². The molecule has 0 spiro atoms. The Bertz CT molecular complexity index is 1060. The average Bonchev–Trinajstić information content (AvgIpc) is 2.75. The van der Waals surface area contributed by atoms with Gasteiger partial charge in [-0.05, 0) is 30.0 Å². The maximum atomic E-state index is 12.4. The van der Waals surface area contributed by atoms with Crippen molar-refractivity contribution in [2.45, 2.75) is 31.8 Å². The van der Waals surface area contributed by atoms with E-state index in [0.29, 0.717) is 5.56 Å². The number of carbonyl (C=O) groups is 4. The van der Waals surface area contributed by atoms with Crippen molar-refractivity contribution in [1.82, 2.24) is 15.5 Å². The fourth-order valence-corrected chi connectivity index (χ4v) is 3.38. The molecule has 0 fully saturated rings. The third-order valence-corrected chi connectivity index (χ3v) is 5.21. The van der Waals surface area contributed by atoms with Crippen molar-refractivity contribution in [2.75, 3.05) is 7.05 Å². The van der Waals surface area contributed by atoms with Crippen LogP contribution in [0.2, 0.25) is 0 Å². The van der Waals surface area contributed by atoms with E-state index in [1.807, 2.05) is 31.2 Å². The maximum absolute atomic E-state index is 12.4. The molecule has 1 heterocycles. The second-order valence-corrected chi connectivity index (χ2v) is 7.77. The van der Waals surface area contributed by atoms with E-state index < -0.39 is 35.8 Å². The predicted molar refractivity (Wildman–Crippen MR) is 119 cm³/mol. The smallest absolute Gasteiger partial charge is 1.00 e. The Morgan fingerprint density at radius 2 is 1.64 bits per heavy atom. The molecule has 3 rings (SSSR count). The van der Waals surface area contributed by atoms with Crippen molar-refractivity contribution < 1.29 is 55.3 Å². The summed E-state index contributed by atoms with van der Waals surface area (Å²) in [5.74, 6) is -2.20. The number of hydrogen-bond donors (Lipinski definition) is 3. The van der Waals surface area contributed by atoms with E-state index in [9.17, 15) is 24.3 Å². The summed E-state index contributed by atoms with van der Waals surface area (Å²) in [6.07, 6.45) is 2.90. The number of likely N-dealkylation sites (N-methyl/N-ethyl adjacent to an activating group) is 1. The molecular formula is C24H26N3NaO5. The van der Waals surface area contributed by atoms with Crippen LogP contribution in [-0.4, -0.2) is 46.8 Å². The molecule has 1 aliphatic rings. The van der Waals surface area contributed by atoms with Crippen LogP contribution in [0.5, 0.6) is 0 Å². The van der Waals surface area contributed by atoms with Crippen LogP contribution in [0.15, 0.2) is 60.8 Å². The summed E-state index contributed by atoms with van der Waals surface area (Å²) >= 11 is 0. The largest absolute Gasteiger partial charge is 1.00 e. The fourth-order valence-electron chi connectivity index (χ4n) is 3.38. The topological polar surface area (TPSA) is 116 Å². The minimum absolute atomic E-state index is 0. The number of aliphatic carboxylic acids is 1. The van der Waals surface area contributed by atoms with Crippen molar-refractivity contribution in [1.29, 1.82) is 0 Å². The van der Waals surface area contributed by atoms with Gasteiger partial charge >= 0.3 is 41.6 Å². The number of ketones is 1. The number of aryl methyl sites for hydroxylation is 1. The van der Waals surface area contributed by atoms with E-state index in [0.717, 1.165) is 17.5 Å². The van der Waals surface area contributed by atoms with Crippen molar-refractivity contribution in [3.05, 3.63) is 83.1 Å². The number of carbonyl (C=O) groups excluding carboxylic acids is 3. The summed E-state index contributed by atoms with van der Waals surface area (Å²) in [4.78, 5) is 49.1. The number of urea groups is 1. The van der Waals surface area contributed by atoms with Gasteiger partial charge in [-0.2, -0.15) is 0 Å². The molecule has 2 aromatic carbocycles. The molecule has 168 valence electrons. The van der Waals surface area contributed by atoms with Crippen LogP contribution in [0, 0.1) is 6.92 Å². The van der Waals surface area contributed by atoms with Gasteiger partial charge in [0.2, 0.25) is 0 Å². The summed E-state index contributed by atoms with van der Waals surface area (Å²) in [6, 6.07) is 12.6. The molecule has 1 aliphatic heterocycles. The van der Waals surface area contributed by atoms with E-state index in [4.69, 9.17) is 0 Å². The molecule has 0 bridgehead atoms. The zero-order valence-corrected chi connectivity index (χ0v) is 20.9. The summed E-state index contributed by atoms with van der Waals surface area (Å²) in [5.41, 5.74) is 3.99. The number of nitrogens with zero attached hydrogens (tertiary/aromatic N) is 1. The van der Waals surface area contributed by atoms with Gasteiger partial charge in [0.1, 0.15) is 0 Å². The Labute approximate surface area is 215 Å². The van der Waals surface area contributed by atoms with Gasteiger partial charge in [-0.1, -0.05) is 54.1 Å². The predicted octanol–water partition coefficient (Wildman–Crippen LogP) is -0.559. The Balaban J connectivity index is 0.00000289. The molecule has 3 amide bonds. The van der Waals surface area contributed by atoms with Gasteiger partial charge in [-0.15, -0.1) is 0 Å². The van der Waals surface area contributed by atoms with Gasteiger partial charge < -0.3 is 22.1 Å². The third-order valence-electron chi connectivity index (χ3n) is 5.21. The van der Waals surface area contributed by atoms with Crippen LogP contribution in [0.3, 0.4) is 0 Å². The molecule has 8 nitrogen and oxygen atoms in total. The molecular weight excluding hydrogens is 433 g/mol. The molecule has 3 N–H and O–H groups in total. The maximum Gasteiger partial charge on any atom is 1.00 e. The van der Waals surface area contributed by atoms with Crippen molar-refractivity contribution in [3.8, 4) is 0 Å². The van der Waals surface area contributed by atoms with Crippen LogP contribution in [-0.2, 0) is 20.8 Å². The normalized spacial score (nSPS) is 16.1. The van der Waals surface area contributed by atoms with Crippen molar-refractivity contribution in [3.63, 3.8) is 0 Å². The SMILES string of the molecule is Cc1ccc(Cc2ccc(C(CC(=O)O)NC(=O)NC3C(=O)C=CN(C)C3=O)cc2)cc1.[H-].[Na+]. The minimum Gasteiger partial charge on any atom is -1.00 e. The molecule has 2 atom stereocenters. The molecule has 9 heteroatoms. The zero-order chi connectivity index (χ0) is 23.3. The van der Waals surface area contributed by atoms with Crippen LogP contribution >= 0.6 is 0 Å². The Morgan fingerprint density at radius 3 is 2.21 bits per heavy atom. The quantitative estimate of drug-likeness (QED) is 0.379. The van der Waals surface area contributed by atoms with Crippen LogP contribution in [0.1, 0.15) is 36.1 Å². The molecule has 0 aliphatic carbocycles. The summed E-state index contributed by atoms with van der Waals surface area (Å²) in [5, 5.41) is 14.2. The molecule has 0 aromatic heterocycles. The number of carboxylic acid groups (broad SMARTS) is 1. The van der Waals surface area contributed by atoms with E-state index in [-0.39, 0.29) is 37.4 Å². The first-order chi connectivity index (χ1) is 15.2. The second-order valence-electron chi connectivity index (χ2n) is 7.77. The summed E-state index contributed by atoms with van der Waals surface area (Å²) in [6.45, 7) is 2.03. The van der Waals surface area contributed by atoms with Gasteiger partial charge in [0.25, 0.3) is 5.91 Å². The molecule has 33 heavy (non-hydrogen) atoms. The van der Waals surface area contributed by atoms with Crippen LogP contribution < -0.4 is 40.2 Å². The summed E-state index contributed by atoms with van der Waals surface area (Å²) < 4.78 is 0. The monoisotopic (exact) mass is 459 g/mol. The van der Waals surface area contributed by atoms with Gasteiger partial charge in [0.05, 0.1) is 12.5 Å². The van der Waals surface area contributed by atoms with Gasteiger partial charge in [0.15, 0.2) is 11.8 Å². The first kappa shape index (κ1) is 26.3. The van der Waals surface area contributed by atoms with Gasteiger partial charge in [-0.3, -0.25) is 14.4 Å². The Kier molecular flexibility index (Phi) is 9.40. The fraction of sp³-hybridized carbons (Fsp3) is 0.250. The van der Waals surface area contributed by atoms with Gasteiger partial charge in [0, 0.05) is 19.3 Å². The average molecular weight is 459 g/mol. The first-order valence-electron chi connectivity index (χ1n) is 10.1. The second kappa shape index (κ2) is 11.8. The Morgan fingerprint density at radius 1 is 1.06 bits per heavy atom. The molecule has 2 unspecified atom stereocenters. The molecule has 2 aromatic rings. The number of benzene rings is 2. The number of amides is 3. The van der Waals surface area contributed by atoms with E-state index in [1.165, 1.54) is 29.8 Å². The Hall–Kier alpha value is -2.94. The first-order valence-corrected chi connectivity index (χ1v) is 10.1. The number of hydrogen-bond acceptors (Lipinski definition) is 4.